The van der Waals surface area contributed by atoms with Crippen LogP contribution in [0.5, 0.6) is 5.75 Å². The number of aromatic hydroxyl groups is 1. The van der Waals surface area contributed by atoms with Crippen LogP contribution in [0.4, 0.5) is 10.5 Å². The van der Waals surface area contributed by atoms with Crippen LogP contribution in [0.2, 0.25) is 0 Å². The first-order valence-corrected chi connectivity index (χ1v) is 5.77. The zero-order chi connectivity index (χ0) is 15.1. The van der Waals surface area contributed by atoms with Crippen molar-refractivity contribution in [3.63, 3.8) is 0 Å². The number of fused-ring (bicyclic) bond motifs is 1. The number of aromatic nitrogens is 2. The molecule has 0 saturated heterocycles. The molecule has 0 aliphatic carbocycles. The van der Waals surface area contributed by atoms with E-state index in [1.165, 1.54) is 12.3 Å². The number of phenolic OH excluding ortho intramolecular Hbond substituents is 1. The van der Waals surface area contributed by atoms with Gasteiger partial charge in [-0.25, -0.2) is 4.79 Å². The van der Waals surface area contributed by atoms with Crippen molar-refractivity contribution >= 4 is 22.7 Å². The van der Waals surface area contributed by atoms with Crippen LogP contribution in [-0.2, 0) is 4.74 Å². The molecular weight excluding hydrogens is 266 g/mol. The van der Waals surface area contributed by atoms with E-state index in [0.29, 0.717) is 5.39 Å². The van der Waals surface area contributed by atoms with Gasteiger partial charge in [0.05, 0.1) is 16.6 Å². The molecule has 0 aliphatic heterocycles. The van der Waals surface area contributed by atoms with Crippen LogP contribution in [0.15, 0.2) is 18.3 Å². The predicted molar refractivity (Wildman–Crippen MR) is 69.7 cm³/mol. The van der Waals surface area contributed by atoms with Gasteiger partial charge in [0, 0.05) is 11.5 Å². The van der Waals surface area contributed by atoms with Gasteiger partial charge in [0.2, 0.25) is 0 Å². The van der Waals surface area contributed by atoms with Crippen molar-refractivity contribution in [1.82, 2.24) is 9.78 Å². The molecule has 8 heteroatoms. The Balaban J connectivity index is 2.53. The van der Waals surface area contributed by atoms with Crippen LogP contribution in [0.3, 0.4) is 0 Å². The van der Waals surface area contributed by atoms with Crippen LogP contribution < -0.4 is 0 Å². The third-order valence-corrected chi connectivity index (χ3v) is 2.43. The van der Waals surface area contributed by atoms with E-state index in [9.17, 15) is 20.0 Å². The molecule has 1 N–H and O–H groups in total. The Kier molecular flexibility index (Phi) is 3.09. The van der Waals surface area contributed by atoms with Gasteiger partial charge >= 0.3 is 11.8 Å². The second-order valence-corrected chi connectivity index (χ2v) is 5.19. The summed E-state index contributed by atoms with van der Waals surface area (Å²) < 4.78 is 6.07. The minimum Gasteiger partial charge on any atom is -0.502 e. The first-order valence-electron chi connectivity index (χ1n) is 5.77. The van der Waals surface area contributed by atoms with E-state index < -0.39 is 28.1 Å². The van der Waals surface area contributed by atoms with E-state index in [1.54, 1.807) is 20.8 Å². The molecule has 0 fully saturated rings. The molecule has 1 aromatic heterocycles. The molecule has 0 bridgehead atoms. The molecule has 8 nitrogen and oxygen atoms in total. The molecule has 106 valence electrons. The molecular formula is C12H13N3O5. The average molecular weight is 279 g/mol. The normalized spacial score (nSPS) is 11.6. The lowest BCUT2D eigenvalue weighted by molar-refractivity contribution is -0.385. The maximum atomic E-state index is 11.9. The number of phenols is 1. The molecule has 0 unspecified atom stereocenters. The molecule has 0 atom stereocenters. The van der Waals surface area contributed by atoms with Gasteiger partial charge in [-0.05, 0) is 26.8 Å². The Morgan fingerprint density at radius 1 is 1.45 bits per heavy atom. The van der Waals surface area contributed by atoms with Crippen LogP contribution >= 0.6 is 0 Å². The van der Waals surface area contributed by atoms with E-state index in [2.05, 4.69) is 5.10 Å². The maximum absolute atomic E-state index is 11.9. The minimum absolute atomic E-state index is 0.198. The van der Waals surface area contributed by atoms with Gasteiger partial charge in [-0.3, -0.25) is 10.1 Å². The molecule has 0 aliphatic rings. The topological polar surface area (TPSA) is 107 Å². The number of nitro benzene ring substituents is 1. The molecule has 20 heavy (non-hydrogen) atoms. The second-order valence-electron chi connectivity index (χ2n) is 5.19. The van der Waals surface area contributed by atoms with Crippen LogP contribution in [0.1, 0.15) is 20.8 Å². The van der Waals surface area contributed by atoms with Gasteiger partial charge in [-0.15, -0.1) is 0 Å². The Hall–Kier alpha value is -2.64. The lowest BCUT2D eigenvalue weighted by atomic mass is 10.2. The third kappa shape index (κ3) is 2.53. The summed E-state index contributed by atoms with van der Waals surface area (Å²) in [4.78, 5) is 22.0. The third-order valence-electron chi connectivity index (χ3n) is 2.43. The summed E-state index contributed by atoms with van der Waals surface area (Å²) in [6.07, 6.45) is 0.579. The fraction of sp³-hybridized carbons (Fsp3) is 0.333. The monoisotopic (exact) mass is 279 g/mol. The lowest BCUT2D eigenvalue weighted by Gasteiger charge is -2.19. The molecule has 0 spiro atoms. The predicted octanol–water partition coefficient (Wildman–Crippen LogP) is 2.43. The number of rotatable bonds is 1. The van der Waals surface area contributed by atoms with E-state index in [0.717, 1.165) is 10.7 Å². The van der Waals surface area contributed by atoms with Crippen molar-refractivity contribution in [2.75, 3.05) is 0 Å². The van der Waals surface area contributed by atoms with E-state index >= 15 is 0 Å². The summed E-state index contributed by atoms with van der Waals surface area (Å²) in [6, 6.07) is 2.27. The Morgan fingerprint density at radius 3 is 2.65 bits per heavy atom. The van der Waals surface area contributed by atoms with E-state index in [4.69, 9.17) is 4.74 Å². The Labute approximate surface area is 113 Å². The zero-order valence-corrected chi connectivity index (χ0v) is 11.2. The summed E-state index contributed by atoms with van der Waals surface area (Å²) >= 11 is 0. The van der Waals surface area contributed by atoms with Gasteiger partial charge in [0.25, 0.3) is 0 Å². The van der Waals surface area contributed by atoms with Gasteiger partial charge in [0.15, 0.2) is 5.75 Å². The summed E-state index contributed by atoms with van der Waals surface area (Å²) in [5.41, 5.74) is -1.01. The summed E-state index contributed by atoms with van der Waals surface area (Å²) in [6.45, 7) is 5.10. The number of carbonyl (C=O) groups is 1. The number of carbonyl (C=O) groups excluding carboxylic acids is 1. The Bertz CT molecular complexity index is 699. The number of nitro groups is 1. The highest BCUT2D eigenvalue weighted by molar-refractivity contribution is 5.90. The molecule has 2 rings (SSSR count). The van der Waals surface area contributed by atoms with Crippen molar-refractivity contribution in [1.29, 1.82) is 0 Å². The smallest absolute Gasteiger partial charge is 0.435 e. The number of hydrogen-bond acceptors (Lipinski definition) is 6. The molecule has 0 saturated carbocycles. The summed E-state index contributed by atoms with van der Waals surface area (Å²) in [5.74, 6) is -0.480. The lowest BCUT2D eigenvalue weighted by Crippen LogP contribution is -2.27. The minimum atomic E-state index is -0.743. The van der Waals surface area contributed by atoms with Gasteiger partial charge in [-0.1, -0.05) is 0 Å². The van der Waals surface area contributed by atoms with Gasteiger partial charge in [-0.2, -0.15) is 9.78 Å². The molecule has 1 aromatic carbocycles. The largest absolute Gasteiger partial charge is 0.502 e. The first-order chi connectivity index (χ1) is 9.19. The number of ether oxygens (including phenoxy) is 1. The quantitative estimate of drug-likeness (QED) is 0.634. The van der Waals surface area contributed by atoms with E-state index in [-0.39, 0.29) is 5.52 Å². The fourth-order valence-corrected chi connectivity index (χ4v) is 1.65. The molecule has 0 radical (unpaired) electrons. The van der Waals surface area contributed by atoms with Crippen LogP contribution in [0.25, 0.3) is 10.9 Å². The van der Waals surface area contributed by atoms with Crippen molar-refractivity contribution in [3.8, 4) is 5.75 Å². The van der Waals surface area contributed by atoms with Crippen molar-refractivity contribution in [2.45, 2.75) is 26.4 Å². The maximum Gasteiger partial charge on any atom is 0.435 e. The standard InChI is InChI=1S/C12H13N3O5/c1-12(2,3)20-11(17)14-8-5-9(15(18)19)10(16)4-7(8)6-13-14/h4-6,16H,1-3H3. The summed E-state index contributed by atoms with van der Waals surface area (Å²) in [7, 11) is 0. The molecule has 1 heterocycles. The van der Waals surface area contributed by atoms with Crippen molar-refractivity contribution in [2.24, 2.45) is 0 Å². The highest BCUT2D eigenvalue weighted by Crippen LogP contribution is 2.31. The highest BCUT2D eigenvalue weighted by Gasteiger charge is 2.23. The second kappa shape index (κ2) is 4.48. The van der Waals surface area contributed by atoms with Crippen molar-refractivity contribution in [3.05, 3.63) is 28.4 Å². The van der Waals surface area contributed by atoms with E-state index in [1.807, 2.05) is 0 Å². The molecule has 0 amide bonds. The average Bonchev–Trinajstić information content (AvgIpc) is 2.67. The fourth-order valence-electron chi connectivity index (χ4n) is 1.65. The summed E-state index contributed by atoms with van der Waals surface area (Å²) in [5, 5.41) is 24.5. The first kappa shape index (κ1) is 13.8. The number of benzene rings is 1. The van der Waals surface area contributed by atoms with Crippen LogP contribution in [-0.4, -0.2) is 31.5 Å². The highest BCUT2D eigenvalue weighted by atomic mass is 16.6. The van der Waals surface area contributed by atoms with Crippen LogP contribution in [0, 0.1) is 10.1 Å². The number of nitrogens with zero attached hydrogens (tertiary/aromatic N) is 3. The SMILES string of the molecule is CC(C)(C)OC(=O)n1ncc2cc(O)c([N+](=O)[O-])cc21. The molecule has 2 aromatic rings. The van der Waals surface area contributed by atoms with Gasteiger partial charge in [0.1, 0.15) is 5.60 Å². The van der Waals surface area contributed by atoms with Gasteiger partial charge < -0.3 is 9.84 Å². The zero-order valence-electron chi connectivity index (χ0n) is 11.2. The Morgan fingerprint density at radius 2 is 2.10 bits per heavy atom. The van der Waals surface area contributed by atoms with Crippen molar-refractivity contribution < 1.29 is 19.6 Å². The number of hydrogen-bond donors (Lipinski definition) is 1.